The number of aromatic nitrogens is 3. The Bertz CT molecular complexity index is 937. The van der Waals surface area contributed by atoms with Gasteiger partial charge in [0, 0.05) is 17.1 Å². The fourth-order valence-electron chi connectivity index (χ4n) is 3.69. The fraction of sp³-hybridized carbons (Fsp3) is 0.368. The molecule has 0 saturated carbocycles. The number of pyridine rings is 1. The van der Waals surface area contributed by atoms with E-state index in [-0.39, 0.29) is 5.95 Å². The number of aryl methyl sites for hydroxylation is 2. The molecule has 1 atom stereocenters. The maximum Gasteiger partial charge on any atom is 0.434 e. The van der Waals surface area contributed by atoms with Crippen molar-refractivity contribution in [1.29, 1.82) is 0 Å². The number of nitrogens with one attached hydrogen (secondary N) is 1. The van der Waals surface area contributed by atoms with E-state index >= 15 is 0 Å². The van der Waals surface area contributed by atoms with Gasteiger partial charge in [0.05, 0.1) is 12.1 Å². The molecule has 1 aliphatic carbocycles. The molecule has 1 N–H and O–H groups in total. The molecule has 1 unspecified atom stereocenters. The van der Waals surface area contributed by atoms with Crippen molar-refractivity contribution in [3.8, 4) is 0 Å². The summed E-state index contributed by atoms with van der Waals surface area (Å²) in [5, 5.41) is 15.7. The smallest absolute Gasteiger partial charge is 0.390 e. The first-order valence-electron chi connectivity index (χ1n) is 9.00. The second-order valence-corrected chi connectivity index (χ2v) is 6.65. The lowest BCUT2D eigenvalue weighted by Crippen LogP contribution is -2.27. The molecular weight excluding hydrogens is 330 g/mol. The van der Waals surface area contributed by atoms with Crippen LogP contribution in [0.3, 0.4) is 0 Å². The maximum atomic E-state index is 10.9. The average molecular weight is 351 g/mol. The fourth-order valence-corrected chi connectivity index (χ4v) is 3.69. The number of nitro groups is 1. The topological polar surface area (TPSA) is 85.9 Å². The number of benzene rings is 1. The molecule has 4 rings (SSSR count). The second-order valence-electron chi connectivity index (χ2n) is 6.65. The van der Waals surface area contributed by atoms with Gasteiger partial charge < -0.3 is 15.4 Å². The van der Waals surface area contributed by atoms with Crippen LogP contribution in [0.2, 0.25) is 0 Å². The van der Waals surface area contributed by atoms with Gasteiger partial charge in [0.25, 0.3) is 0 Å². The SMILES string of the molecule is O=[N+]([O-])c1nccn1CCCNC1CCCc2nc3ccccc3cc21. The first kappa shape index (κ1) is 16.7. The molecular formula is C19H21N5O2. The number of rotatable bonds is 6. The zero-order chi connectivity index (χ0) is 17.9. The number of fused-ring (bicyclic) bond motifs is 2. The van der Waals surface area contributed by atoms with Crippen LogP contribution in [0, 0.1) is 10.1 Å². The molecule has 3 aromatic rings. The minimum Gasteiger partial charge on any atom is -0.390 e. The van der Waals surface area contributed by atoms with Gasteiger partial charge >= 0.3 is 5.95 Å². The third kappa shape index (κ3) is 3.30. The largest absolute Gasteiger partial charge is 0.434 e. The van der Waals surface area contributed by atoms with Gasteiger partial charge in [0.1, 0.15) is 12.4 Å². The molecule has 2 heterocycles. The van der Waals surface area contributed by atoms with Crippen molar-refractivity contribution in [3.63, 3.8) is 0 Å². The van der Waals surface area contributed by atoms with E-state index in [0.717, 1.165) is 37.7 Å². The van der Waals surface area contributed by atoms with Gasteiger partial charge in [-0.05, 0) is 54.8 Å². The molecule has 2 aromatic heterocycles. The number of hydrogen-bond acceptors (Lipinski definition) is 5. The highest BCUT2D eigenvalue weighted by atomic mass is 16.6. The summed E-state index contributed by atoms with van der Waals surface area (Å²) in [6, 6.07) is 10.8. The predicted molar refractivity (Wildman–Crippen MR) is 98.9 cm³/mol. The van der Waals surface area contributed by atoms with Gasteiger partial charge in [0.15, 0.2) is 0 Å². The lowest BCUT2D eigenvalue weighted by atomic mass is 9.90. The summed E-state index contributed by atoms with van der Waals surface area (Å²) in [7, 11) is 0. The highest BCUT2D eigenvalue weighted by Gasteiger charge is 2.21. The summed E-state index contributed by atoms with van der Waals surface area (Å²) in [4.78, 5) is 19.1. The Labute approximate surface area is 151 Å². The molecule has 0 aliphatic heterocycles. The highest BCUT2D eigenvalue weighted by Crippen LogP contribution is 2.31. The number of para-hydroxylation sites is 1. The number of nitrogens with zero attached hydrogens (tertiary/aromatic N) is 4. The molecule has 0 saturated heterocycles. The quantitative estimate of drug-likeness (QED) is 0.418. The van der Waals surface area contributed by atoms with Crippen LogP contribution in [0.15, 0.2) is 42.7 Å². The van der Waals surface area contributed by atoms with Gasteiger partial charge in [-0.1, -0.05) is 23.2 Å². The molecule has 7 heteroatoms. The third-order valence-corrected chi connectivity index (χ3v) is 4.94. The third-order valence-electron chi connectivity index (χ3n) is 4.94. The van der Waals surface area contributed by atoms with Crippen LogP contribution >= 0.6 is 0 Å². The summed E-state index contributed by atoms with van der Waals surface area (Å²) < 4.78 is 1.59. The van der Waals surface area contributed by atoms with Crippen molar-refractivity contribution in [2.75, 3.05) is 6.54 Å². The molecule has 0 radical (unpaired) electrons. The van der Waals surface area contributed by atoms with Crippen LogP contribution in [0.25, 0.3) is 10.9 Å². The van der Waals surface area contributed by atoms with E-state index in [0.29, 0.717) is 12.6 Å². The molecule has 7 nitrogen and oxygen atoms in total. The summed E-state index contributed by atoms with van der Waals surface area (Å²) >= 11 is 0. The molecule has 26 heavy (non-hydrogen) atoms. The summed E-state index contributed by atoms with van der Waals surface area (Å²) in [5.74, 6) is -0.0938. The Morgan fingerprint density at radius 3 is 3.12 bits per heavy atom. The molecule has 1 aromatic carbocycles. The summed E-state index contributed by atoms with van der Waals surface area (Å²) in [6.07, 6.45) is 7.19. The summed E-state index contributed by atoms with van der Waals surface area (Å²) in [5.41, 5.74) is 3.54. The van der Waals surface area contributed by atoms with E-state index < -0.39 is 4.92 Å². The Morgan fingerprint density at radius 1 is 1.35 bits per heavy atom. The zero-order valence-corrected chi connectivity index (χ0v) is 14.5. The molecule has 0 bridgehead atoms. The van der Waals surface area contributed by atoms with E-state index in [1.807, 2.05) is 12.1 Å². The van der Waals surface area contributed by atoms with Crippen molar-refractivity contribution in [3.05, 3.63) is 64.1 Å². The van der Waals surface area contributed by atoms with Crippen LogP contribution in [0.4, 0.5) is 5.95 Å². The van der Waals surface area contributed by atoms with E-state index in [1.165, 1.54) is 22.8 Å². The monoisotopic (exact) mass is 351 g/mol. The highest BCUT2D eigenvalue weighted by molar-refractivity contribution is 5.79. The average Bonchev–Trinajstić information content (AvgIpc) is 3.12. The van der Waals surface area contributed by atoms with E-state index in [2.05, 4.69) is 28.5 Å². The standard InChI is InChI=1S/C19H21N5O2/c25-24(26)19-21-10-12-23(19)11-4-9-20-17-7-3-8-18-15(17)13-14-5-1-2-6-16(14)22-18/h1-2,5-6,10,12-13,17,20H,3-4,7-9,11H2. The Balaban J connectivity index is 1.41. The lowest BCUT2D eigenvalue weighted by molar-refractivity contribution is -0.396. The van der Waals surface area contributed by atoms with E-state index in [1.54, 1.807) is 10.8 Å². The van der Waals surface area contributed by atoms with Crippen molar-refractivity contribution >= 4 is 16.9 Å². The van der Waals surface area contributed by atoms with Crippen molar-refractivity contribution < 1.29 is 4.92 Å². The van der Waals surface area contributed by atoms with Crippen LogP contribution in [0.1, 0.15) is 36.6 Å². The predicted octanol–water partition coefficient (Wildman–Crippen LogP) is 3.40. The van der Waals surface area contributed by atoms with E-state index in [4.69, 9.17) is 4.98 Å². The van der Waals surface area contributed by atoms with Crippen LogP contribution in [-0.2, 0) is 13.0 Å². The molecule has 0 fully saturated rings. The lowest BCUT2D eigenvalue weighted by Gasteiger charge is -2.26. The Kier molecular flexibility index (Phi) is 4.62. The van der Waals surface area contributed by atoms with Crippen molar-refractivity contribution in [1.82, 2.24) is 19.9 Å². The molecule has 1 aliphatic rings. The number of imidazole rings is 1. The van der Waals surface area contributed by atoms with Crippen molar-refractivity contribution in [2.45, 2.75) is 38.3 Å². The van der Waals surface area contributed by atoms with Gasteiger partial charge in [0.2, 0.25) is 0 Å². The summed E-state index contributed by atoms with van der Waals surface area (Å²) in [6.45, 7) is 1.38. The van der Waals surface area contributed by atoms with Gasteiger partial charge in [-0.3, -0.25) is 4.98 Å². The van der Waals surface area contributed by atoms with Gasteiger partial charge in [-0.2, -0.15) is 0 Å². The maximum absolute atomic E-state index is 10.9. The van der Waals surface area contributed by atoms with Crippen molar-refractivity contribution in [2.24, 2.45) is 0 Å². The molecule has 134 valence electrons. The van der Waals surface area contributed by atoms with Gasteiger partial charge in [-0.15, -0.1) is 0 Å². The zero-order valence-electron chi connectivity index (χ0n) is 14.5. The normalized spacial score (nSPS) is 16.5. The second kappa shape index (κ2) is 7.21. The molecule has 0 amide bonds. The van der Waals surface area contributed by atoms with E-state index in [9.17, 15) is 10.1 Å². The number of hydrogen-bond donors (Lipinski definition) is 1. The minimum absolute atomic E-state index is 0.0938. The Hall–Kier alpha value is -2.80. The van der Waals surface area contributed by atoms with Crippen LogP contribution < -0.4 is 5.32 Å². The Morgan fingerprint density at radius 2 is 2.23 bits per heavy atom. The minimum atomic E-state index is -0.443. The first-order chi connectivity index (χ1) is 12.7. The van der Waals surface area contributed by atoms with Crippen LogP contribution in [0.5, 0.6) is 0 Å². The van der Waals surface area contributed by atoms with Crippen LogP contribution in [-0.4, -0.2) is 26.0 Å². The van der Waals surface area contributed by atoms with Gasteiger partial charge in [-0.25, -0.2) is 4.57 Å². The molecule has 0 spiro atoms. The first-order valence-corrected chi connectivity index (χ1v) is 9.00.